The zero-order valence-electron chi connectivity index (χ0n) is 14.3. The lowest BCUT2D eigenvalue weighted by Gasteiger charge is -2.22. The normalized spacial score (nSPS) is 23.7. The maximum atomic E-state index is 12.7. The summed E-state index contributed by atoms with van der Waals surface area (Å²) in [6.45, 7) is 1.83. The van der Waals surface area contributed by atoms with E-state index in [1.54, 1.807) is 18.3 Å². The van der Waals surface area contributed by atoms with Crippen LogP contribution in [0.25, 0.3) is 11.3 Å². The first kappa shape index (κ1) is 16.8. The minimum Gasteiger partial charge on any atom is -0.347 e. The van der Waals surface area contributed by atoms with Gasteiger partial charge in [0.25, 0.3) is 5.91 Å². The molecule has 0 aliphatic carbocycles. The van der Waals surface area contributed by atoms with Crippen LogP contribution in [0.15, 0.2) is 30.5 Å². The van der Waals surface area contributed by atoms with Crippen molar-refractivity contribution < 1.29 is 4.79 Å². The van der Waals surface area contributed by atoms with Gasteiger partial charge < -0.3 is 10.2 Å². The van der Waals surface area contributed by atoms with Crippen LogP contribution in [0.2, 0.25) is 5.02 Å². The number of halogens is 1. The van der Waals surface area contributed by atoms with Gasteiger partial charge in [0.05, 0.1) is 28.4 Å². The number of nitrogens with one attached hydrogen (secondary N) is 1. The van der Waals surface area contributed by atoms with E-state index in [2.05, 4.69) is 21.5 Å². The van der Waals surface area contributed by atoms with Crippen LogP contribution in [0.1, 0.15) is 35.4 Å². The zero-order valence-corrected chi connectivity index (χ0v) is 15.1. The summed E-state index contributed by atoms with van der Waals surface area (Å²) in [4.78, 5) is 23.0. The number of aromatic nitrogens is 2. The Hall–Kier alpha value is -2.65. The molecule has 2 aliphatic rings. The summed E-state index contributed by atoms with van der Waals surface area (Å²) >= 11 is 6.37. The lowest BCUT2D eigenvalue weighted by Crippen LogP contribution is -2.43. The Morgan fingerprint density at radius 2 is 2.23 bits per heavy atom. The van der Waals surface area contributed by atoms with E-state index < -0.39 is 0 Å². The SMILES string of the molecule is Cc1nccc(-c2ccc(C(=O)N[C@@H]3C[C@@H]4CC[C@H]3N4C#N)c(Cl)c2)n1. The largest absolute Gasteiger partial charge is 0.347 e. The van der Waals surface area contributed by atoms with Crippen LogP contribution >= 0.6 is 11.6 Å². The molecule has 0 saturated carbocycles. The van der Waals surface area contributed by atoms with Gasteiger partial charge in [0, 0.05) is 17.8 Å². The number of fused-ring (bicyclic) bond motifs is 2. The van der Waals surface area contributed by atoms with Crippen molar-refractivity contribution in [3.8, 4) is 17.5 Å². The van der Waals surface area contributed by atoms with Crippen molar-refractivity contribution in [3.05, 3.63) is 46.9 Å². The van der Waals surface area contributed by atoms with Crippen LogP contribution in [0.3, 0.4) is 0 Å². The van der Waals surface area contributed by atoms with Crippen molar-refractivity contribution in [2.45, 2.75) is 44.3 Å². The molecule has 0 spiro atoms. The fourth-order valence-electron chi connectivity index (χ4n) is 4.02. The fraction of sp³-hybridized carbons (Fsp3) is 0.368. The van der Waals surface area contributed by atoms with Crippen molar-refractivity contribution in [1.82, 2.24) is 20.2 Å². The second-order valence-corrected chi connectivity index (χ2v) is 7.21. The van der Waals surface area contributed by atoms with Gasteiger partial charge in [-0.2, -0.15) is 5.26 Å². The van der Waals surface area contributed by atoms with Crippen LogP contribution in [0, 0.1) is 18.4 Å². The molecule has 2 aliphatic heterocycles. The monoisotopic (exact) mass is 367 g/mol. The summed E-state index contributed by atoms with van der Waals surface area (Å²) in [5.74, 6) is 0.481. The molecule has 26 heavy (non-hydrogen) atoms. The minimum atomic E-state index is -0.198. The van der Waals surface area contributed by atoms with E-state index in [0.717, 1.165) is 30.5 Å². The van der Waals surface area contributed by atoms with Crippen LogP contribution in [-0.2, 0) is 0 Å². The van der Waals surface area contributed by atoms with E-state index in [-0.39, 0.29) is 24.0 Å². The van der Waals surface area contributed by atoms with Gasteiger partial charge in [0.2, 0.25) is 0 Å². The third-order valence-electron chi connectivity index (χ3n) is 5.25. The molecular formula is C19H18ClN5O. The number of rotatable bonds is 3. The second kappa shape index (κ2) is 6.58. The molecule has 0 unspecified atom stereocenters. The molecule has 6 nitrogen and oxygen atoms in total. The van der Waals surface area contributed by atoms with E-state index >= 15 is 0 Å². The summed E-state index contributed by atoms with van der Waals surface area (Å²) in [5.41, 5.74) is 2.05. The Morgan fingerprint density at radius 3 is 2.92 bits per heavy atom. The molecule has 4 rings (SSSR count). The molecule has 2 aromatic rings. The number of hydrogen-bond acceptors (Lipinski definition) is 5. The van der Waals surface area contributed by atoms with Gasteiger partial charge in [-0.25, -0.2) is 9.97 Å². The lowest BCUT2D eigenvalue weighted by atomic mass is 9.95. The molecule has 3 heterocycles. The third kappa shape index (κ3) is 2.89. The molecule has 1 aromatic carbocycles. The average molecular weight is 368 g/mol. The van der Waals surface area contributed by atoms with E-state index in [4.69, 9.17) is 11.6 Å². The average Bonchev–Trinajstić information content (AvgIpc) is 3.18. The van der Waals surface area contributed by atoms with Crippen molar-refractivity contribution in [2.24, 2.45) is 0 Å². The molecule has 2 saturated heterocycles. The van der Waals surface area contributed by atoms with E-state index in [9.17, 15) is 10.1 Å². The predicted octanol–water partition coefficient (Wildman–Crippen LogP) is 2.92. The first-order valence-electron chi connectivity index (χ1n) is 8.65. The predicted molar refractivity (Wildman–Crippen MR) is 97.3 cm³/mol. The zero-order chi connectivity index (χ0) is 18.3. The molecule has 2 bridgehead atoms. The van der Waals surface area contributed by atoms with Crippen molar-refractivity contribution >= 4 is 17.5 Å². The fourth-order valence-corrected chi connectivity index (χ4v) is 4.29. The Balaban J connectivity index is 1.51. The summed E-state index contributed by atoms with van der Waals surface area (Å²) in [6.07, 6.45) is 6.74. The van der Waals surface area contributed by atoms with E-state index in [1.807, 2.05) is 24.0 Å². The molecule has 7 heteroatoms. The number of nitrogens with zero attached hydrogens (tertiary/aromatic N) is 4. The Kier molecular flexibility index (Phi) is 4.25. The van der Waals surface area contributed by atoms with Crippen molar-refractivity contribution in [2.75, 3.05) is 0 Å². The van der Waals surface area contributed by atoms with Crippen LogP contribution < -0.4 is 5.32 Å². The first-order chi connectivity index (χ1) is 12.6. The minimum absolute atomic E-state index is 0.00107. The molecule has 132 valence electrons. The number of carbonyl (C=O) groups excluding carboxylic acids is 1. The number of carbonyl (C=O) groups is 1. The van der Waals surface area contributed by atoms with Crippen LogP contribution in [0.5, 0.6) is 0 Å². The molecule has 2 fully saturated rings. The van der Waals surface area contributed by atoms with Crippen molar-refractivity contribution in [3.63, 3.8) is 0 Å². The summed E-state index contributed by atoms with van der Waals surface area (Å²) in [5, 5.41) is 12.7. The van der Waals surface area contributed by atoms with Crippen LogP contribution in [-0.4, -0.2) is 38.9 Å². The van der Waals surface area contributed by atoms with Crippen LogP contribution in [0.4, 0.5) is 0 Å². The molecule has 0 radical (unpaired) electrons. The number of hydrogen-bond donors (Lipinski definition) is 1. The molecule has 1 N–H and O–H groups in total. The number of benzene rings is 1. The van der Waals surface area contributed by atoms with E-state index in [0.29, 0.717) is 16.4 Å². The summed E-state index contributed by atoms with van der Waals surface area (Å²) in [6, 6.07) is 7.49. The highest BCUT2D eigenvalue weighted by Gasteiger charge is 2.46. The molecular weight excluding hydrogens is 350 g/mol. The maximum Gasteiger partial charge on any atom is 0.253 e. The number of amides is 1. The Bertz CT molecular complexity index is 909. The van der Waals surface area contributed by atoms with Gasteiger partial charge in [0.1, 0.15) is 5.82 Å². The van der Waals surface area contributed by atoms with Gasteiger partial charge >= 0.3 is 0 Å². The van der Waals surface area contributed by atoms with Gasteiger partial charge in [-0.05, 0) is 44.4 Å². The highest BCUT2D eigenvalue weighted by atomic mass is 35.5. The second-order valence-electron chi connectivity index (χ2n) is 6.81. The Morgan fingerprint density at radius 1 is 1.38 bits per heavy atom. The Labute approximate surface area is 156 Å². The summed E-state index contributed by atoms with van der Waals surface area (Å²) < 4.78 is 0. The molecule has 1 amide bonds. The topological polar surface area (TPSA) is 81.9 Å². The first-order valence-corrected chi connectivity index (χ1v) is 9.03. The standard InChI is InChI=1S/C19H18ClN5O/c1-11-22-7-6-16(23-11)12-2-4-14(15(20)8-12)19(26)24-17-9-13-3-5-18(17)25(13)10-21/h2,4,6-8,13,17-18H,3,5,9H2,1H3,(H,24,26)/t13-,17+,18+/m0/s1. The lowest BCUT2D eigenvalue weighted by molar-refractivity contribution is 0.0928. The van der Waals surface area contributed by atoms with Gasteiger partial charge in [-0.1, -0.05) is 17.7 Å². The number of nitriles is 1. The highest BCUT2D eigenvalue weighted by molar-refractivity contribution is 6.34. The van der Waals surface area contributed by atoms with Crippen molar-refractivity contribution in [1.29, 1.82) is 5.26 Å². The maximum absolute atomic E-state index is 12.7. The van der Waals surface area contributed by atoms with Gasteiger partial charge in [0.15, 0.2) is 6.19 Å². The van der Waals surface area contributed by atoms with Gasteiger partial charge in [-0.15, -0.1) is 0 Å². The molecule has 1 aromatic heterocycles. The number of aryl methyl sites for hydroxylation is 1. The van der Waals surface area contributed by atoms with Gasteiger partial charge in [-0.3, -0.25) is 4.79 Å². The van der Waals surface area contributed by atoms with E-state index in [1.165, 1.54) is 0 Å². The quantitative estimate of drug-likeness (QED) is 0.843. The smallest absolute Gasteiger partial charge is 0.253 e. The summed E-state index contributed by atoms with van der Waals surface area (Å²) in [7, 11) is 0. The highest BCUT2D eigenvalue weighted by Crippen LogP contribution is 2.37. The molecule has 3 atom stereocenters. The third-order valence-corrected chi connectivity index (χ3v) is 5.57.